The first kappa shape index (κ1) is 23.4. The van der Waals surface area contributed by atoms with Crippen molar-refractivity contribution < 1.29 is 24.2 Å². The van der Waals surface area contributed by atoms with Gasteiger partial charge < -0.3 is 20.5 Å². The summed E-state index contributed by atoms with van der Waals surface area (Å²) in [5.41, 5.74) is 1.19. The van der Waals surface area contributed by atoms with Crippen LogP contribution in [0.25, 0.3) is 0 Å². The van der Waals surface area contributed by atoms with Crippen molar-refractivity contribution in [1.29, 1.82) is 0 Å². The molecule has 0 fully saturated rings. The van der Waals surface area contributed by atoms with Crippen LogP contribution in [0.1, 0.15) is 19.8 Å². The van der Waals surface area contributed by atoms with Crippen LogP contribution >= 0.6 is 11.8 Å². The maximum Gasteiger partial charge on any atom is 0.307 e. The number of anilines is 2. The molecule has 7 nitrogen and oxygen atoms in total. The maximum absolute atomic E-state index is 12.7. The monoisotopic (exact) mass is 454 g/mol. The second-order valence-electron chi connectivity index (χ2n) is 7.28. The lowest BCUT2D eigenvalue weighted by atomic mass is 9.82. The van der Waals surface area contributed by atoms with E-state index >= 15 is 0 Å². The van der Waals surface area contributed by atoms with E-state index in [0.717, 1.165) is 4.90 Å². The lowest BCUT2D eigenvalue weighted by Gasteiger charge is -2.24. The highest BCUT2D eigenvalue weighted by Gasteiger charge is 2.33. The Hall–Kier alpha value is -3.26. The second-order valence-corrected chi connectivity index (χ2v) is 8.33. The zero-order valence-corrected chi connectivity index (χ0v) is 18.6. The van der Waals surface area contributed by atoms with Crippen molar-refractivity contribution in [3.63, 3.8) is 0 Å². The fourth-order valence-corrected chi connectivity index (χ4v) is 4.22. The summed E-state index contributed by atoms with van der Waals surface area (Å²) in [6, 6.07) is 14.4. The van der Waals surface area contributed by atoms with Crippen LogP contribution in [0.2, 0.25) is 0 Å². The summed E-state index contributed by atoms with van der Waals surface area (Å²) in [7, 11) is 0. The van der Waals surface area contributed by atoms with Gasteiger partial charge in [0.2, 0.25) is 11.8 Å². The number of para-hydroxylation sites is 2. The van der Waals surface area contributed by atoms with Gasteiger partial charge in [-0.1, -0.05) is 30.4 Å². The molecule has 0 aromatic heterocycles. The van der Waals surface area contributed by atoms with Gasteiger partial charge in [0.05, 0.1) is 29.9 Å². The SMILES string of the molecule is CCOc1ccccc1NC(=O)CSc1cccc(NC(=O)C2CC=CCC2C(=O)O)c1. The number of benzene rings is 2. The molecule has 2 aromatic rings. The lowest BCUT2D eigenvalue weighted by molar-refractivity contribution is -0.146. The number of aliphatic carboxylic acids is 1. The highest BCUT2D eigenvalue weighted by molar-refractivity contribution is 8.00. The van der Waals surface area contributed by atoms with E-state index in [-0.39, 0.29) is 17.6 Å². The number of rotatable bonds is 9. The summed E-state index contributed by atoms with van der Waals surface area (Å²) < 4.78 is 5.52. The molecule has 168 valence electrons. The number of thioether (sulfide) groups is 1. The number of carboxylic acid groups (broad SMARTS) is 1. The van der Waals surface area contributed by atoms with Crippen molar-refractivity contribution in [3.8, 4) is 5.75 Å². The van der Waals surface area contributed by atoms with Crippen molar-refractivity contribution in [1.82, 2.24) is 0 Å². The molecule has 1 aliphatic carbocycles. The smallest absolute Gasteiger partial charge is 0.307 e. The van der Waals surface area contributed by atoms with E-state index in [9.17, 15) is 19.5 Å². The van der Waals surface area contributed by atoms with Crippen LogP contribution in [0.15, 0.2) is 65.6 Å². The van der Waals surface area contributed by atoms with Gasteiger partial charge in [0.1, 0.15) is 5.75 Å². The molecule has 2 unspecified atom stereocenters. The summed E-state index contributed by atoms with van der Waals surface area (Å²) in [5, 5.41) is 15.1. The van der Waals surface area contributed by atoms with E-state index in [1.165, 1.54) is 11.8 Å². The topological polar surface area (TPSA) is 105 Å². The van der Waals surface area contributed by atoms with Gasteiger partial charge in [-0.3, -0.25) is 14.4 Å². The third-order valence-corrected chi connectivity index (χ3v) is 6.01. The summed E-state index contributed by atoms with van der Waals surface area (Å²) in [4.78, 5) is 37.3. The standard InChI is InChI=1S/C24H26N2O5S/c1-2-31-21-13-6-5-12-20(21)26-22(27)15-32-17-9-7-8-16(14-17)25-23(28)18-10-3-4-11-19(18)24(29)30/h3-9,12-14,18-19H,2,10-11,15H2,1H3,(H,25,28)(H,26,27)(H,29,30). The molecule has 1 aliphatic rings. The average Bonchev–Trinajstić information content (AvgIpc) is 2.79. The number of amides is 2. The third kappa shape index (κ3) is 6.37. The fourth-order valence-electron chi connectivity index (χ4n) is 3.46. The Balaban J connectivity index is 1.57. The first-order valence-electron chi connectivity index (χ1n) is 10.4. The minimum atomic E-state index is -0.962. The van der Waals surface area contributed by atoms with E-state index in [1.54, 1.807) is 36.4 Å². The molecule has 0 spiro atoms. The normalized spacial score (nSPS) is 17.4. The van der Waals surface area contributed by atoms with Crippen molar-refractivity contribution in [2.75, 3.05) is 23.0 Å². The third-order valence-electron chi connectivity index (χ3n) is 5.02. The molecule has 8 heteroatoms. The molecule has 0 bridgehead atoms. The zero-order valence-electron chi connectivity index (χ0n) is 17.7. The number of hydrogen-bond acceptors (Lipinski definition) is 5. The highest BCUT2D eigenvalue weighted by Crippen LogP contribution is 2.29. The summed E-state index contributed by atoms with van der Waals surface area (Å²) in [6.45, 7) is 2.39. The van der Waals surface area contributed by atoms with Crippen LogP contribution in [-0.2, 0) is 14.4 Å². The molecule has 3 rings (SSSR count). The minimum Gasteiger partial charge on any atom is -0.492 e. The zero-order chi connectivity index (χ0) is 22.9. The fraction of sp³-hybridized carbons (Fsp3) is 0.292. The van der Waals surface area contributed by atoms with Crippen LogP contribution < -0.4 is 15.4 Å². The number of nitrogens with one attached hydrogen (secondary N) is 2. The largest absolute Gasteiger partial charge is 0.492 e. The second kappa shape index (κ2) is 11.4. The van der Waals surface area contributed by atoms with Crippen LogP contribution in [0.3, 0.4) is 0 Å². The molecule has 0 radical (unpaired) electrons. The predicted octanol–water partition coefficient (Wildman–Crippen LogP) is 4.42. The Morgan fingerprint density at radius 2 is 1.78 bits per heavy atom. The van der Waals surface area contributed by atoms with Gasteiger partial charge in [-0.05, 0) is 50.1 Å². The summed E-state index contributed by atoms with van der Waals surface area (Å²) >= 11 is 1.34. The van der Waals surface area contributed by atoms with Crippen molar-refractivity contribution in [3.05, 3.63) is 60.7 Å². The molecule has 2 atom stereocenters. The van der Waals surface area contributed by atoms with Gasteiger partial charge in [0.15, 0.2) is 0 Å². The van der Waals surface area contributed by atoms with Gasteiger partial charge in [-0.2, -0.15) is 0 Å². The predicted molar refractivity (Wildman–Crippen MR) is 125 cm³/mol. The Morgan fingerprint density at radius 3 is 2.53 bits per heavy atom. The molecule has 0 saturated heterocycles. The van der Waals surface area contributed by atoms with Crippen LogP contribution in [-0.4, -0.2) is 35.2 Å². The van der Waals surface area contributed by atoms with Gasteiger partial charge in [0.25, 0.3) is 0 Å². The highest BCUT2D eigenvalue weighted by atomic mass is 32.2. The van der Waals surface area contributed by atoms with E-state index in [0.29, 0.717) is 36.6 Å². The molecule has 0 saturated carbocycles. The molecule has 3 N–H and O–H groups in total. The van der Waals surface area contributed by atoms with E-state index in [2.05, 4.69) is 10.6 Å². The number of ether oxygens (including phenoxy) is 1. The van der Waals surface area contributed by atoms with E-state index in [1.807, 2.05) is 31.2 Å². The Kier molecular flexibility index (Phi) is 8.33. The number of carbonyl (C=O) groups excluding carboxylic acids is 2. The van der Waals surface area contributed by atoms with Gasteiger partial charge in [-0.25, -0.2) is 0 Å². The first-order chi connectivity index (χ1) is 15.5. The van der Waals surface area contributed by atoms with Gasteiger partial charge >= 0.3 is 5.97 Å². The van der Waals surface area contributed by atoms with E-state index < -0.39 is 17.8 Å². The first-order valence-corrected chi connectivity index (χ1v) is 11.4. The molecule has 32 heavy (non-hydrogen) atoms. The summed E-state index contributed by atoms with van der Waals surface area (Å²) in [5.74, 6) is -1.97. The van der Waals surface area contributed by atoms with E-state index in [4.69, 9.17) is 4.74 Å². The summed E-state index contributed by atoms with van der Waals surface area (Å²) in [6.07, 6.45) is 4.40. The Labute approximate surface area is 191 Å². The number of hydrogen-bond donors (Lipinski definition) is 3. The number of carbonyl (C=O) groups is 3. The molecule has 2 aromatic carbocycles. The molecule has 2 amide bonds. The minimum absolute atomic E-state index is 0.171. The Bertz CT molecular complexity index is 1010. The Morgan fingerprint density at radius 1 is 1.03 bits per heavy atom. The number of carboxylic acids is 1. The van der Waals surface area contributed by atoms with Crippen molar-refractivity contribution >= 4 is 40.9 Å². The van der Waals surface area contributed by atoms with Crippen molar-refractivity contribution in [2.45, 2.75) is 24.7 Å². The number of allylic oxidation sites excluding steroid dienone is 2. The maximum atomic E-state index is 12.7. The molecule has 0 heterocycles. The lowest BCUT2D eigenvalue weighted by Crippen LogP contribution is -2.34. The van der Waals surface area contributed by atoms with Gasteiger partial charge in [0, 0.05) is 10.6 Å². The molecular formula is C24H26N2O5S. The van der Waals surface area contributed by atoms with Crippen LogP contribution in [0.5, 0.6) is 5.75 Å². The molecular weight excluding hydrogens is 428 g/mol. The molecule has 0 aliphatic heterocycles. The average molecular weight is 455 g/mol. The van der Waals surface area contributed by atoms with Crippen LogP contribution in [0.4, 0.5) is 11.4 Å². The van der Waals surface area contributed by atoms with Crippen molar-refractivity contribution in [2.24, 2.45) is 11.8 Å². The van der Waals surface area contributed by atoms with Gasteiger partial charge in [-0.15, -0.1) is 11.8 Å². The quantitative estimate of drug-likeness (QED) is 0.383. The van der Waals surface area contributed by atoms with Crippen LogP contribution in [0, 0.1) is 11.8 Å².